The van der Waals surface area contributed by atoms with Crippen molar-refractivity contribution in [1.82, 2.24) is 15.3 Å². The van der Waals surface area contributed by atoms with Crippen molar-refractivity contribution >= 4 is 5.91 Å². The summed E-state index contributed by atoms with van der Waals surface area (Å²) in [6.45, 7) is 4.52. The van der Waals surface area contributed by atoms with Gasteiger partial charge >= 0.3 is 0 Å². The molecule has 0 aliphatic heterocycles. The normalized spacial score (nSPS) is 10.8. The zero-order valence-corrected chi connectivity index (χ0v) is 11.6. The topological polar surface area (TPSA) is 57.8 Å². The predicted octanol–water partition coefficient (Wildman–Crippen LogP) is 2.64. The molecule has 2 rings (SSSR count). The highest BCUT2D eigenvalue weighted by molar-refractivity contribution is 5.92. The number of amides is 1. The molecule has 0 bridgehead atoms. The summed E-state index contributed by atoms with van der Waals surface area (Å²) in [6.07, 6.45) is 2.21. The minimum Gasteiger partial charge on any atom is -0.350 e. The summed E-state index contributed by atoms with van der Waals surface area (Å²) in [4.78, 5) is 19.0. The van der Waals surface area contributed by atoms with Gasteiger partial charge in [0.25, 0.3) is 5.91 Å². The van der Waals surface area contributed by atoms with Crippen molar-refractivity contribution < 1.29 is 9.18 Å². The molecule has 0 saturated heterocycles. The first-order chi connectivity index (χ1) is 9.56. The highest BCUT2D eigenvalue weighted by atomic mass is 19.1. The van der Waals surface area contributed by atoms with Gasteiger partial charge in [-0.25, -0.2) is 9.37 Å². The number of hydrogen-bond acceptors (Lipinski definition) is 2. The Kier molecular flexibility index (Phi) is 4.50. The number of carbonyl (C=O) groups excluding carboxylic acids is 1. The molecule has 1 aromatic heterocycles. The number of aromatic nitrogens is 2. The van der Waals surface area contributed by atoms with Crippen molar-refractivity contribution in [3.63, 3.8) is 0 Å². The van der Waals surface area contributed by atoms with E-state index in [2.05, 4.69) is 15.3 Å². The van der Waals surface area contributed by atoms with Gasteiger partial charge in [-0.1, -0.05) is 26.0 Å². The maximum Gasteiger partial charge on any atom is 0.269 e. The predicted molar refractivity (Wildman–Crippen MR) is 75.1 cm³/mol. The first kappa shape index (κ1) is 14.2. The molecule has 0 aliphatic carbocycles. The molecule has 2 aromatic rings. The van der Waals surface area contributed by atoms with Crippen LogP contribution in [0.3, 0.4) is 0 Å². The number of carbonyl (C=O) groups is 1. The molecule has 20 heavy (non-hydrogen) atoms. The number of aromatic amines is 1. The van der Waals surface area contributed by atoms with Crippen LogP contribution in [0.4, 0.5) is 4.39 Å². The molecule has 5 heteroatoms. The highest BCUT2D eigenvalue weighted by Crippen LogP contribution is 2.09. The number of rotatable bonds is 5. The highest BCUT2D eigenvalue weighted by Gasteiger charge is 2.10. The smallest absolute Gasteiger partial charge is 0.269 e. The minimum atomic E-state index is -0.253. The fourth-order valence-electron chi connectivity index (χ4n) is 1.81. The monoisotopic (exact) mass is 275 g/mol. The average molecular weight is 275 g/mol. The molecule has 2 N–H and O–H groups in total. The van der Waals surface area contributed by atoms with Crippen molar-refractivity contribution in [2.45, 2.75) is 26.2 Å². The van der Waals surface area contributed by atoms with Gasteiger partial charge in [0, 0.05) is 12.5 Å². The minimum absolute atomic E-state index is 0.175. The first-order valence-electron chi connectivity index (χ1n) is 6.64. The van der Waals surface area contributed by atoms with E-state index in [1.165, 1.54) is 12.1 Å². The molecule has 0 atom stereocenters. The van der Waals surface area contributed by atoms with E-state index >= 15 is 0 Å². The van der Waals surface area contributed by atoms with E-state index in [1.807, 2.05) is 13.8 Å². The standard InChI is InChI=1S/C15H18FN3O/c1-10(2)14-18-9-13(19-14)15(20)17-8-7-11-3-5-12(16)6-4-11/h3-6,9-10H,7-8H2,1-2H3,(H,17,20)(H,18,19). The lowest BCUT2D eigenvalue weighted by Crippen LogP contribution is -2.26. The van der Waals surface area contributed by atoms with Crippen molar-refractivity contribution in [3.05, 3.63) is 53.4 Å². The van der Waals surface area contributed by atoms with E-state index in [1.54, 1.807) is 18.3 Å². The van der Waals surface area contributed by atoms with Crippen molar-refractivity contribution in [2.24, 2.45) is 0 Å². The van der Waals surface area contributed by atoms with Gasteiger partial charge in [-0.3, -0.25) is 4.79 Å². The van der Waals surface area contributed by atoms with Crippen LogP contribution in [0.5, 0.6) is 0 Å². The van der Waals surface area contributed by atoms with E-state index in [0.717, 1.165) is 11.4 Å². The Labute approximate surface area is 117 Å². The average Bonchev–Trinajstić information content (AvgIpc) is 2.91. The summed E-state index contributed by atoms with van der Waals surface area (Å²) in [5.41, 5.74) is 1.45. The summed E-state index contributed by atoms with van der Waals surface area (Å²) < 4.78 is 12.7. The van der Waals surface area contributed by atoms with Crippen LogP contribution in [0.25, 0.3) is 0 Å². The van der Waals surface area contributed by atoms with Gasteiger partial charge < -0.3 is 10.3 Å². The second-order valence-corrected chi connectivity index (χ2v) is 4.97. The molecule has 0 saturated carbocycles. The van der Waals surface area contributed by atoms with Crippen LogP contribution in [-0.2, 0) is 6.42 Å². The van der Waals surface area contributed by atoms with Gasteiger partial charge in [-0.05, 0) is 24.1 Å². The Morgan fingerprint density at radius 2 is 2.05 bits per heavy atom. The van der Waals surface area contributed by atoms with E-state index in [4.69, 9.17) is 0 Å². The van der Waals surface area contributed by atoms with Gasteiger partial charge in [-0.2, -0.15) is 0 Å². The van der Waals surface area contributed by atoms with Crippen LogP contribution in [0, 0.1) is 5.82 Å². The van der Waals surface area contributed by atoms with Gasteiger partial charge in [0.15, 0.2) is 0 Å². The van der Waals surface area contributed by atoms with Crippen LogP contribution >= 0.6 is 0 Å². The molecule has 1 aromatic carbocycles. The summed E-state index contributed by atoms with van der Waals surface area (Å²) in [6, 6.07) is 6.27. The zero-order valence-electron chi connectivity index (χ0n) is 11.6. The van der Waals surface area contributed by atoms with E-state index in [0.29, 0.717) is 18.7 Å². The molecule has 1 heterocycles. The fraction of sp³-hybridized carbons (Fsp3) is 0.333. The SMILES string of the molecule is CC(C)c1ncc(C(=O)NCCc2ccc(F)cc2)[nH]1. The van der Waals surface area contributed by atoms with Crippen molar-refractivity contribution in [3.8, 4) is 0 Å². The van der Waals surface area contributed by atoms with Crippen LogP contribution in [-0.4, -0.2) is 22.4 Å². The van der Waals surface area contributed by atoms with Gasteiger partial charge in [0.1, 0.15) is 17.3 Å². The second kappa shape index (κ2) is 6.32. The number of halogens is 1. The first-order valence-corrected chi connectivity index (χ1v) is 6.64. The quantitative estimate of drug-likeness (QED) is 0.881. The molecular formula is C15H18FN3O. The summed E-state index contributed by atoms with van der Waals surface area (Å²) in [5, 5.41) is 2.81. The lowest BCUT2D eigenvalue weighted by molar-refractivity contribution is 0.0949. The lowest BCUT2D eigenvalue weighted by Gasteiger charge is -2.04. The Bertz CT molecular complexity index is 575. The summed E-state index contributed by atoms with van der Waals surface area (Å²) in [5.74, 6) is 0.632. The zero-order chi connectivity index (χ0) is 14.5. The number of hydrogen-bond donors (Lipinski definition) is 2. The fourth-order valence-corrected chi connectivity index (χ4v) is 1.81. The molecule has 0 unspecified atom stereocenters. The van der Waals surface area contributed by atoms with E-state index in [-0.39, 0.29) is 17.6 Å². The largest absolute Gasteiger partial charge is 0.350 e. The number of H-pyrrole nitrogens is 1. The number of benzene rings is 1. The number of imidazole rings is 1. The van der Waals surface area contributed by atoms with Crippen LogP contribution in [0.15, 0.2) is 30.5 Å². The Hall–Kier alpha value is -2.17. The number of nitrogens with one attached hydrogen (secondary N) is 2. The third-order valence-corrected chi connectivity index (χ3v) is 3.00. The molecule has 0 spiro atoms. The molecule has 0 radical (unpaired) electrons. The van der Waals surface area contributed by atoms with Crippen LogP contribution in [0.1, 0.15) is 41.6 Å². The van der Waals surface area contributed by atoms with Crippen LogP contribution in [0.2, 0.25) is 0 Å². The van der Waals surface area contributed by atoms with Gasteiger partial charge in [0.05, 0.1) is 6.20 Å². The molecule has 1 amide bonds. The van der Waals surface area contributed by atoms with Gasteiger partial charge in [-0.15, -0.1) is 0 Å². The van der Waals surface area contributed by atoms with Gasteiger partial charge in [0.2, 0.25) is 0 Å². The van der Waals surface area contributed by atoms with Crippen LogP contribution < -0.4 is 5.32 Å². The Morgan fingerprint density at radius 3 is 2.65 bits per heavy atom. The second-order valence-electron chi connectivity index (χ2n) is 4.97. The van der Waals surface area contributed by atoms with E-state index in [9.17, 15) is 9.18 Å². The van der Waals surface area contributed by atoms with E-state index < -0.39 is 0 Å². The molecular weight excluding hydrogens is 257 g/mol. The third-order valence-electron chi connectivity index (χ3n) is 3.00. The lowest BCUT2D eigenvalue weighted by atomic mass is 10.1. The maximum absolute atomic E-state index is 12.7. The number of nitrogens with zero attached hydrogens (tertiary/aromatic N) is 1. The Balaban J connectivity index is 1.84. The third kappa shape index (κ3) is 3.66. The van der Waals surface area contributed by atoms with Crippen molar-refractivity contribution in [1.29, 1.82) is 0 Å². The molecule has 0 aliphatic rings. The van der Waals surface area contributed by atoms with Crippen molar-refractivity contribution in [2.75, 3.05) is 6.54 Å². The Morgan fingerprint density at radius 1 is 1.35 bits per heavy atom. The summed E-state index contributed by atoms with van der Waals surface area (Å²) >= 11 is 0. The molecule has 106 valence electrons. The summed E-state index contributed by atoms with van der Waals surface area (Å²) in [7, 11) is 0. The molecule has 4 nitrogen and oxygen atoms in total. The maximum atomic E-state index is 12.7. The molecule has 0 fully saturated rings.